The highest BCUT2D eigenvalue weighted by molar-refractivity contribution is 6.00. The highest BCUT2D eigenvalue weighted by Crippen LogP contribution is 2.12. The normalized spacial score (nSPS) is 13.2. The third kappa shape index (κ3) is 16.8. The summed E-state index contributed by atoms with van der Waals surface area (Å²) in [5.41, 5.74) is 0.767. The van der Waals surface area contributed by atoms with Crippen molar-refractivity contribution in [2.45, 2.75) is 106 Å². The molecule has 0 bridgehead atoms. The summed E-state index contributed by atoms with van der Waals surface area (Å²) < 4.78 is 0. The van der Waals surface area contributed by atoms with Gasteiger partial charge in [0, 0.05) is 24.2 Å². The number of carbonyl (C=O) groups is 5. The summed E-state index contributed by atoms with van der Waals surface area (Å²) in [4.78, 5) is 66.2. The molecular weight excluding hydrogens is 594 g/mol. The van der Waals surface area contributed by atoms with Crippen molar-refractivity contribution in [1.29, 1.82) is 0 Å². The fourth-order valence-corrected chi connectivity index (χ4v) is 5.03. The van der Waals surface area contributed by atoms with Crippen LogP contribution in [0.1, 0.15) is 108 Å². The van der Waals surface area contributed by atoms with Crippen LogP contribution in [-0.2, 0) is 14.4 Å². The lowest BCUT2D eigenvalue weighted by atomic mass is 9.99. The van der Waals surface area contributed by atoms with Gasteiger partial charge in [-0.25, -0.2) is 0 Å². The van der Waals surface area contributed by atoms with E-state index < -0.39 is 35.8 Å². The number of rotatable bonds is 21. The maximum atomic E-state index is 13.4. The number of hydrogen-bond donors (Lipinski definition) is 4. The van der Waals surface area contributed by atoms with E-state index in [0.717, 1.165) is 38.8 Å². The molecule has 4 N–H and O–H groups in total. The van der Waals surface area contributed by atoms with Crippen LogP contribution in [0.3, 0.4) is 0 Å². The van der Waals surface area contributed by atoms with E-state index in [4.69, 9.17) is 0 Å². The summed E-state index contributed by atoms with van der Waals surface area (Å²) in [7, 11) is 0. The van der Waals surface area contributed by atoms with Crippen LogP contribution in [0, 0.1) is 17.8 Å². The predicted molar refractivity (Wildman–Crippen MR) is 183 cm³/mol. The van der Waals surface area contributed by atoms with Gasteiger partial charge in [-0.15, -0.1) is 12.4 Å². The van der Waals surface area contributed by atoms with Gasteiger partial charge in [-0.3, -0.25) is 19.2 Å². The topological polar surface area (TPSA) is 137 Å². The van der Waals surface area contributed by atoms with Crippen molar-refractivity contribution in [3.63, 3.8) is 0 Å². The molecule has 0 unspecified atom stereocenters. The molecule has 1 rings (SSSR count). The number of hydrogen-bond acceptors (Lipinski definition) is 6. The maximum absolute atomic E-state index is 13.4. The van der Waals surface area contributed by atoms with E-state index in [1.54, 1.807) is 24.3 Å². The van der Waals surface area contributed by atoms with Crippen molar-refractivity contribution in [3.05, 3.63) is 35.4 Å². The molecular formula is C34H58ClN5O5. The average molecular weight is 652 g/mol. The zero-order valence-corrected chi connectivity index (χ0v) is 29.4. The Morgan fingerprint density at radius 2 is 1.11 bits per heavy atom. The van der Waals surface area contributed by atoms with Gasteiger partial charge in [0.2, 0.25) is 11.8 Å². The minimum atomic E-state index is -0.875. The summed E-state index contributed by atoms with van der Waals surface area (Å²) >= 11 is 0. The molecule has 45 heavy (non-hydrogen) atoms. The number of aldehydes is 1. The van der Waals surface area contributed by atoms with Gasteiger partial charge in [0.05, 0.1) is 6.04 Å². The summed E-state index contributed by atoms with van der Waals surface area (Å²) in [6, 6.07) is 3.97. The van der Waals surface area contributed by atoms with E-state index in [-0.39, 0.29) is 36.1 Å². The van der Waals surface area contributed by atoms with E-state index >= 15 is 0 Å². The monoisotopic (exact) mass is 651 g/mol. The molecule has 3 atom stereocenters. The van der Waals surface area contributed by atoms with Gasteiger partial charge in [-0.05, 0) is 87.2 Å². The molecule has 11 heteroatoms. The SMILES string of the molecule is CCCN(CCC)CCNC(=O)c1ccc(C(=O)N[C@@H](CC(C)C)C(=O)N[C@@H](CC(C)C)C(=O)N[C@H](C=O)CC(C)C)cc1.Cl. The summed E-state index contributed by atoms with van der Waals surface area (Å²) in [5, 5.41) is 11.3. The van der Waals surface area contributed by atoms with Gasteiger partial charge < -0.3 is 31.0 Å². The maximum Gasteiger partial charge on any atom is 0.251 e. The molecule has 0 aliphatic rings. The highest BCUT2D eigenvalue weighted by atomic mass is 35.5. The standard InChI is InChI=1S/C34H57N5O5.ClH/c1-9-16-39(17-10-2)18-15-35-31(41)26-11-13-27(14-12-26)32(42)37-30(21-25(7)8)34(44)38-29(20-24(5)6)33(43)36-28(22-40)19-23(3)4;/h11-14,22-25,28-30H,9-10,15-21H2,1-8H3,(H,35,41)(H,36,43)(H,37,42)(H,38,44);1H/t28-,29-,30-;/m0./s1. The number of benzene rings is 1. The van der Waals surface area contributed by atoms with E-state index in [2.05, 4.69) is 40.0 Å². The van der Waals surface area contributed by atoms with Crippen LogP contribution in [0.4, 0.5) is 0 Å². The lowest BCUT2D eigenvalue weighted by molar-refractivity contribution is -0.131. The van der Waals surface area contributed by atoms with Crippen LogP contribution < -0.4 is 21.3 Å². The van der Waals surface area contributed by atoms with Gasteiger partial charge in [-0.1, -0.05) is 55.4 Å². The third-order valence-corrected chi connectivity index (χ3v) is 7.09. The molecule has 0 saturated heterocycles. The predicted octanol–water partition coefficient (Wildman–Crippen LogP) is 4.37. The number of halogens is 1. The largest absolute Gasteiger partial charge is 0.351 e. The minimum Gasteiger partial charge on any atom is -0.351 e. The Hall–Kier alpha value is -2.98. The third-order valence-electron chi connectivity index (χ3n) is 7.09. The summed E-state index contributed by atoms with van der Waals surface area (Å²) in [6.45, 7) is 19.3. The zero-order valence-electron chi connectivity index (χ0n) is 28.6. The molecule has 0 fully saturated rings. The van der Waals surface area contributed by atoms with Crippen LogP contribution in [0.5, 0.6) is 0 Å². The first kappa shape index (κ1) is 42.0. The number of nitrogens with zero attached hydrogens (tertiary/aromatic N) is 1. The van der Waals surface area contributed by atoms with Crippen molar-refractivity contribution < 1.29 is 24.0 Å². The Balaban J connectivity index is 0.0000194. The lowest BCUT2D eigenvalue weighted by Gasteiger charge is -2.26. The second-order valence-corrected chi connectivity index (χ2v) is 12.9. The number of nitrogens with one attached hydrogen (secondary N) is 4. The molecule has 256 valence electrons. The van der Waals surface area contributed by atoms with Gasteiger partial charge in [-0.2, -0.15) is 0 Å². The first-order valence-electron chi connectivity index (χ1n) is 16.3. The Morgan fingerprint density at radius 1 is 0.667 bits per heavy atom. The lowest BCUT2D eigenvalue weighted by Crippen LogP contribution is -2.55. The van der Waals surface area contributed by atoms with Crippen molar-refractivity contribution in [2.24, 2.45) is 17.8 Å². The van der Waals surface area contributed by atoms with Crippen LogP contribution in [-0.4, -0.2) is 79.1 Å². The van der Waals surface area contributed by atoms with Crippen LogP contribution in [0.15, 0.2) is 24.3 Å². The van der Waals surface area contributed by atoms with Crippen molar-refractivity contribution in [2.75, 3.05) is 26.2 Å². The quantitative estimate of drug-likeness (QED) is 0.146. The first-order chi connectivity index (χ1) is 20.8. The first-order valence-corrected chi connectivity index (χ1v) is 16.3. The molecule has 1 aromatic rings. The van der Waals surface area contributed by atoms with Gasteiger partial charge in [0.25, 0.3) is 11.8 Å². The summed E-state index contributed by atoms with van der Waals surface area (Å²) in [5.74, 6) is -1.13. The molecule has 0 radical (unpaired) electrons. The van der Waals surface area contributed by atoms with Crippen LogP contribution in [0.2, 0.25) is 0 Å². The van der Waals surface area contributed by atoms with Gasteiger partial charge in [0.15, 0.2) is 0 Å². The second-order valence-electron chi connectivity index (χ2n) is 12.9. The van der Waals surface area contributed by atoms with Crippen molar-refractivity contribution >= 4 is 42.3 Å². The molecule has 4 amide bonds. The molecule has 10 nitrogen and oxygen atoms in total. The van der Waals surface area contributed by atoms with Crippen LogP contribution >= 0.6 is 12.4 Å². The van der Waals surface area contributed by atoms with E-state index in [0.29, 0.717) is 36.9 Å². The number of amides is 4. The van der Waals surface area contributed by atoms with Crippen molar-refractivity contribution in [3.8, 4) is 0 Å². The molecule has 0 heterocycles. The average Bonchev–Trinajstić information content (AvgIpc) is 2.95. The van der Waals surface area contributed by atoms with Gasteiger partial charge in [0.1, 0.15) is 18.4 Å². The molecule has 0 aliphatic heterocycles. The Labute approximate surface area is 277 Å². The Morgan fingerprint density at radius 3 is 1.56 bits per heavy atom. The molecule has 0 saturated carbocycles. The fraction of sp³-hybridized carbons (Fsp3) is 0.676. The second kappa shape index (κ2) is 22.5. The van der Waals surface area contributed by atoms with Gasteiger partial charge >= 0.3 is 0 Å². The van der Waals surface area contributed by atoms with Crippen LogP contribution in [0.25, 0.3) is 0 Å². The van der Waals surface area contributed by atoms with E-state index in [1.165, 1.54) is 0 Å². The molecule has 0 aliphatic carbocycles. The number of carbonyl (C=O) groups excluding carboxylic acids is 5. The minimum absolute atomic E-state index is 0. The Bertz CT molecular complexity index is 1040. The zero-order chi connectivity index (χ0) is 33.2. The van der Waals surface area contributed by atoms with E-state index in [1.807, 2.05) is 41.5 Å². The molecule has 0 aromatic heterocycles. The smallest absolute Gasteiger partial charge is 0.251 e. The summed E-state index contributed by atoms with van der Waals surface area (Å²) in [6.07, 6.45) is 4.09. The Kier molecular flexibility index (Phi) is 21.0. The highest BCUT2D eigenvalue weighted by Gasteiger charge is 2.29. The molecule has 1 aromatic carbocycles. The van der Waals surface area contributed by atoms with Crippen molar-refractivity contribution in [1.82, 2.24) is 26.2 Å². The molecule has 0 spiro atoms. The van der Waals surface area contributed by atoms with E-state index in [9.17, 15) is 24.0 Å². The fourth-order valence-electron chi connectivity index (χ4n) is 5.03.